The molecule has 3 nitrogen and oxygen atoms in total. The van der Waals surface area contributed by atoms with E-state index in [1.807, 2.05) is 57.2 Å². The lowest BCUT2D eigenvalue weighted by Crippen LogP contribution is -2.40. The molecular weight excluding hydrogens is 284 g/mol. The summed E-state index contributed by atoms with van der Waals surface area (Å²) in [4.78, 5) is 12.3. The fourth-order valence-electron chi connectivity index (χ4n) is 2.00. The van der Waals surface area contributed by atoms with Crippen LogP contribution in [0.4, 0.5) is 5.69 Å². The summed E-state index contributed by atoms with van der Waals surface area (Å²) >= 11 is 5.90. The Morgan fingerprint density at radius 1 is 1.05 bits per heavy atom. The number of anilines is 1. The van der Waals surface area contributed by atoms with Gasteiger partial charge in [0.2, 0.25) is 0 Å². The zero-order valence-electron chi connectivity index (χ0n) is 12.4. The van der Waals surface area contributed by atoms with Gasteiger partial charge in [0.25, 0.3) is 5.91 Å². The molecule has 4 heteroatoms. The number of hydrogen-bond donors (Lipinski definition) is 2. The number of carbonyl (C=O) groups excluding carboxylic acids is 1. The Morgan fingerprint density at radius 2 is 1.67 bits per heavy atom. The standard InChI is InChI=1S/C17H19ClN2O/c1-17(2,3)20-16(21)13-8-12(9-15(19)10-13)11-4-6-14(18)7-5-11/h4-10H,19H2,1-3H3,(H,20,21). The zero-order valence-corrected chi connectivity index (χ0v) is 13.2. The van der Waals surface area contributed by atoms with E-state index < -0.39 is 0 Å². The summed E-state index contributed by atoms with van der Waals surface area (Å²) < 4.78 is 0. The van der Waals surface area contributed by atoms with E-state index in [4.69, 9.17) is 17.3 Å². The Bertz CT molecular complexity index is 657. The van der Waals surface area contributed by atoms with Crippen LogP contribution in [0.1, 0.15) is 31.1 Å². The first kappa shape index (κ1) is 15.4. The summed E-state index contributed by atoms with van der Waals surface area (Å²) in [5.74, 6) is -0.134. The van der Waals surface area contributed by atoms with Gasteiger partial charge in [-0.1, -0.05) is 23.7 Å². The van der Waals surface area contributed by atoms with E-state index in [2.05, 4.69) is 5.32 Å². The summed E-state index contributed by atoms with van der Waals surface area (Å²) in [6, 6.07) is 12.8. The van der Waals surface area contributed by atoms with Crippen LogP contribution in [-0.4, -0.2) is 11.4 Å². The van der Waals surface area contributed by atoms with Crippen molar-refractivity contribution in [2.75, 3.05) is 5.73 Å². The summed E-state index contributed by atoms with van der Waals surface area (Å²) in [6.45, 7) is 5.83. The second-order valence-electron chi connectivity index (χ2n) is 6.05. The Labute approximate surface area is 130 Å². The molecule has 0 bridgehead atoms. The second-order valence-corrected chi connectivity index (χ2v) is 6.49. The maximum atomic E-state index is 12.3. The Morgan fingerprint density at radius 3 is 2.24 bits per heavy atom. The molecule has 2 aromatic rings. The smallest absolute Gasteiger partial charge is 0.251 e. The van der Waals surface area contributed by atoms with Crippen LogP contribution in [0.3, 0.4) is 0 Å². The first-order valence-corrected chi connectivity index (χ1v) is 7.11. The van der Waals surface area contributed by atoms with Crippen molar-refractivity contribution in [3.63, 3.8) is 0 Å². The van der Waals surface area contributed by atoms with Crippen molar-refractivity contribution in [2.45, 2.75) is 26.3 Å². The SMILES string of the molecule is CC(C)(C)NC(=O)c1cc(N)cc(-c2ccc(Cl)cc2)c1. The summed E-state index contributed by atoms with van der Waals surface area (Å²) in [7, 11) is 0. The lowest BCUT2D eigenvalue weighted by molar-refractivity contribution is 0.0919. The number of halogens is 1. The van der Waals surface area contributed by atoms with E-state index in [0.717, 1.165) is 11.1 Å². The van der Waals surface area contributed by atoms with Crippen LogP contribution in [0.15, 0.2) is 42.5 Å². The third-order valence-electron chi connectivity index (χ3n) is 2.88. The topological polar surface area (TPSA) is 55.1 Å². The predicted octanol–water partition coefficient (Wildman–Crippen LogP) is 4.12. The van der Waals surface area contributed by atoms with Gasteiger partial charge in [-0.25, -0.2) is 0 Å². The number of amides is 1. The highest BCUT2D eigenvalue weighted by atomic mass is 35.5. The van der Waals surface area contributed by atoms with Crippen LogP contribution in [-0.2, 0) is 0 Å². The summed E-state index contributed by atoms with van der Waals surface area (Å²) in [5, 5.41) is 3.61. The lowest BCUT2D eigenvalue weighted by Gasteiger charge is -2.21. The van der Waals surface area contributed by atoms with Crippen molar-refractivity contribution in [1.82, 2.24) is 5.32 Å². The fourth-order valence-corrected chi connectivity index (χ4v) is 2.13. The normalized spacial score (nSPS) is 11.2. The lowest BCUT2D eigenvalue weighted by atomic mass is 10.0. The molecule has 0 aliphatic carbocycles. The average molecular weight is 303 g/mol. The maximum Gasteiger partial charge on any atom is 0.251 e. The van der Waals surface area contributed by atoms with Gasteiger partial charge in [-0.05, 0) is 62.2 Å². The van der Waals surface area contributed by atoms with E-state index in [1.54, 1.807) is 6.07 Å². The Kier molecular flexibility index (Phi) is 4.24. The number of rotatable bonds is 2. The molecule has 2 aromatic carbocycles. The van der Waals surface area contributed by atoms with Crippen LogP contribution in [0.2, 0.25) is 5.02 Å². The largest absolute Gasteiger partial charge is 0.399 e. The number of nitrogens with one attached hydrogen (secondary N) is 1. The molecular formula is C17H19ClN2O. The number of carbonyl (C=O) groups is 1. The van der Waals surface area contributed by atoms with Gasteiger partial charge in [-0.3, -0.25) is 4.79 Å². The Hall–Kier alpha value is -2.00. The van der Waals surface area contributed by atoms with Crippen molar-refractivity contribution in [2.24, 2.45) is 0 Å². The van der Waals surface area contributed by atoms with Crippen molar-refractivity contribution in [1.29, 1.82) is 0 Å². The maximum absolute atomic E-state index is 12.3. The van der Waals surface area contributed by atoms with Gasteiger partial charge in [-0.15, -0.1) is 0 Å². The van der Waals surface area contributed by atoms with Crippen LogP contribution >= 0.6 is 11.6 Å². The highest BCUT2D eigenvalue weighted by Crippen LogP contribution is 2.25. The number of benzene rings is 2. The minimum absolute atomic E-state index is 0.134. The molecule has 0 fully saturated rings. The summed E-state index contributed by atoms with van der Waals surface area (Å²) in [6.07, 6.45) is 0. The molecule has 1 amide bonds. The van der Waals surface area contributed by atoms with E-state index in [-0.39, 0.29) is 11.4 Å². The van der Waals surface area contributed by atoms with Crippen LogP contribution < -0.4 is 11.1 Å². The first-order chi connectivity index (χ1) is 9.74. The zero-order chi connectivity index (χ0) is 15.6. The molecule has 0 heterocycles. The molecule has 0 atom stereocenters. The van der Waals surface area contributed by atoms with Crippen molar-refractivity contribution < 1.29 is 4.79 Å². The third-order valence-corrected chi connectivity index (χ3v) is 3.14. The van der Waals surface area contributed by atoms with Gasteiger partial charge < -0.3 is 11.1 Å². The van der Waals surface area contributed by atoms with Gasteiger partial charge >= 0.3 is 0 Å². The third kappa shape index (κ3) is 4.23. The molecule has 0 saturated carbocycles. The molecule has 110 valence electrons. The molecule has 21 heavy (non-hydrogen) atoms. The van der Waals surface area contributed by atoms with Gasteiger partial charge in [0, 0.05) is 21.8 Å². The highest BCUT2D eigenvalue weighted by molar-refractivity contribution is 6.30. The van der Waals surface area contributed by atoms with Crippen molar-refractivity contribution in [3.05, 3.63) is 53.1 Å². The molecule has 0 aliphatic rings. The Balaban J connectivity index is 2.37. The molecule has 0 unspecified atom stereocenters. The molecule has 2 rings (SSSR count). The van der Waals surface area contributed by atoms with Crippen LogP contribution in [0.25, 0.3) is 11.1 Å². The van der Waals surface area contributed by atoms with E-state index in [0.29, 0.717) is 16.3 Å². The monoisotopic (exact) mass is 302 g/mol. The quantitative estimate of drug-likeness (QED) is 0.820. The number of nitrogen functional groups attached to an aromatic ring is 1. The molecule has 3 N–H and O–H groups in total. The first-order valence-electron chi connectivity index (χ1n) is 6.74. The molecule has 0 aliphatic heterocycles. The van der Waals surface area contributed by atoms with Gasteiger partial charge in [0.05, 0.1) is 0 Å². The molecule has 0 spiro atoms. The number of hydrogen-bond acceptors (Lipinski definition) is 2. The average Bonchev–Trinajstić information content (AvgIpc) is 2.36. The second kappa shape index (κ2) is 5.78. The molecule has 0 radical (unpaired) electrons. The fraction of sp³-hybridized carbons (Fsp3) is 0.235. The predicted molar refractivity (Wildman–Crippen MR) is 88.5 cm³/mol. The number of nitrogens with two attached hydrogens (primary N) is 1. The van der Waals surface area contributed by atoms with Crippen LogP contribution in [0.5, 0.6) is 0 Å². The van der Waals surface area contributed by atoms with Gasteiger partial charge in [-0.2, -0.15) is 0 Å². The van der Waals surface area contributed by atoms with E-state index >= 15 is 0 Å². The van der Waals surface area contributed by atoms with Gasteiger partial charge in [0.1, 0.15) is 0 Å². The van der Waals surface area contributed by atoms with Crippen molar-refractivity contribution in [3.8, 4) is 11.1 Å². The van der Waals surface area contributed by atoms with Crippen LogP contribution in [0, 0.1) is 0 Å². The minimum atomic E-state index is -0.290. The molecule has 0 aromatic heterocycles. The van der Waals surface area contributed by atoms with Gasteiger partial charge in [0.15, 0.2) is 0 Å². The highest BCUT2D eigenvalue weighted by Gasteiger charge is 2.16. The summed E-state index contributed by atoms with van der Waals surface area (Å²) in [5.41, 5.74) is 8.60. The van der Waals surface area contributed by atoms with Crippen molar-refractivity contribution >= 4 is 23.2 Å². The molecule has 0 saturated heterocycles. The van der Waals surface area contributed by atoms with E-state index in [9.17, 15) is 4.79 Å². The minimum Gasteiger partial charge on any atom is -0.399 e. The van der Waals surface area contributed by atoms with E-state index in [1.165, 1.54) is 0 Å².